The number of hydrogen-bond donors (Lipinski definition) is 1. The lowest BCUT2D eigenvalue weighted by Crippen LogP contribution is -2.21. The molecule has 43 valence electrons. The Kier molecular flexibility index (Phi) is 3.69. The fourth-order valence-electron chi connectivity index (χ4n) is 0.295. The van der Waals surface area contributed by atoms with Crippen molar-refractivity contribution in [2.24, 2.45) is 0 Å². The molecule has 1 amide bonds. The highest BCUT2D eigenvalue weighted by Gasteiger charge is 1.91. The van der Waals surface area contributed by atoms with E-state index in [1.165, 1.54) is 0 Å². The molecule has 0 aromatic rings. The van der Waals surface area contributed by atoms with Gasteiger partial charge >= 0.3 is 0 Å². The van der Waals surface area contributed by atoms with Crippen LogP contribution in [0.5, 0.6) is 0 Å². The van der Waals surface area contributed by atoms with Gasteiger partial charge < -0.3 is 5.32 Å². The van der Waals surface area contributed by atoms with Crippen molar-refractivity contribution in [2.75, 3.05) is 6.54 Å². The predicted octanol–water partition coefficient (Wildman–Crippen LogP) is -0.0400. The van der Waals surface area contributed by atoms with E-state index in [9.17, 15) is 4.79 Å². The summed E-state index contributed by atoms with van der Waals surface area (Å²) in [6.45, 7) is 3.81. The monoisotopic (exact) mass is 110 g/mol. The van der Waals surface area contributed by atoms with Crippen LogP contribution in [-0.4, -0.2) is 12.5 Å². The minimum Gasteiger partial charge on any atom is -0.355 e. The summed E-state index contributed by atoms with van der Waals surface area (Å²) in [7, 11) is 0. The van der Waals surface area contributed by atoms with E-state index in [-0.39, 0.29) is 12.3 Å². The van der Waals surface area contributed by atoms with Crippen LogP contribution in [0.25, 0.3) is 0 Å². The second kappa shape index (κ2) is 4.20. The van der Waals surface area contributed by atoms with E-state index < -0.39 is 0 Å². The second-order valence-electron chi connectivity index (χ2n) is 1.23. The van der Waals surface area contributed by atoms with Crippen LogP contribution in [0, 0.1) is 19.3 Å². The molecule has 0 rings (SSSR count). The maximum absolute atomic E-state index is 10.3. The van der Waals surface area contributed by atoms with Gasteiger partial charge in [0, 0.05) is 6.54 Å². The van der Waals surface area contributed by atoms with Gasteiger partial charge in [0.15, 0.2) is 0 Å². The van der Waals surface area contributed by atoms with Gasteiger partial charge in [-0.05, 0) is 6.92 Å². The lowest BCUT2D eigenvalue weighted by Gasteiger charge is -1.93. The summed E-state index contributed by atoms with van der Waals surface area (Å²) in [5, 5.41) is 2.45. The van der Waals surface area contributed by atoms with E-state index in [2.05, 4.69) is 18.2 Å². The molecule has 0 aromatic heterocycles. The third-order valence-electron chi connectivity index (χ3n) is 0.585. The summed E-state index contributed by atoms with van der Waals surface area (Å²) >= 11 is 0. The normalized spacial score (nSPS) is 7.50. The Morgan fingerprint density at radius 2 is 2.50 bits per heavy atom. The number of carbonyl (C=O) groups excluding carboxylic acids is 1. The maximum atomic E-state index is 10.3. The summed E-state index contributed by atoms with van der Waals surface area (Å²) in [6.07, 6.45) is 4.98. The first kappa shape index (κ1) is 7.03. The minimum atomic E-state index is -0.137. The number of nitrogens with one attached hydrogen (secondary N) is 1. The second-order valence-corrected chi connectivity index (χ2v) is 1.23. The number of terminal acetylenes is 1. The van der Waals surface area contributed by atoms with Crippen LogP contribution in [-0.2, 0) is 4.79 Å². The van der Waals surface area contributed by atoms with Gasteiger partial charge in [0.1, 0.15) is 0 Å². The molecule has 1 radical (unpaired) electrons. The smallest absolute Gasteiger partial charge is 0.232 e. The van der Waals surface area contributed by atoms with Crippen molar-refractivity contribution in [3.8, 4) is 12.3 Å². The van der Waals surface area contributed by atoms with Crippen molar-refractivity contribution in [3.63, 3.8) is 0 Å². The molecule has 0 aliphatic carbocycles. The highest BCUT2D eigenvalue weighted by Crippen LogP contribution is 1.71. The zero-order valence-corrected chi connectivity index (χ0v) is 4.61. The molecule has 0 fully saturated rings. The third-order valence-corrected chi connectivity index (χ3v) is 0.585. The van der Waals surface area contributed by atoms with Gasteiger partial charge in [-0.3, -0.25) is 4.79 Å². The molecule has 0 atom stereocenters. The SMILES string of the molecule is C#CCC(=O)NC[CH2]. The fraction of sp³-hybridized carbons (Fsp3) is 0.333. The molecule has 0 heterocycles. The van der Waals surface area contributed by atoms with Crippen LogP contribution in [0.15, 0.2) is 0 Å². The molecule has 0 spiro atoms. The Bertz CT molecular complexity index is 112. The summed E-state index contributed by atoms with van der Waals surface area (Å²) in [5.41, 5.74) is 0. The van der Waals surface area contributed by atoms with Gasteiger partial charge in [0.2, 0.25) is 5.91 Å². The summed E-state index contributed by atoms with van der Waals surface area (Å²) in [6, 6.07) is 0. The minimum absolute atomic E-state index is 0.137. The van der Waals surface area contributed by atoms with Crippen molar-refractivity contribution in [1.29, 1.82) is 0 Å². The Morgan fingerprint density at radius 3 is 2.88 bits per heavy atom. The van der Waals surface area contributed by atoms with E-state index >= 15 is 0 Å². The van der Waals surface area contributed by atoms with Crippen molar-refractivity contribution in [1.82, 2.24) is 5.32 Å². The molecule has 2 heteroatoms. The maximum Gasteiger partial charge on any atom is 0.232 e. The summed E-state index contributed by atoms with van der Waals surface area (Å²) < 4.78 is 0. The van der Waals surface area contributed by atoms with E-state index in [0.717, 1.165) is 0 Å². The third kappa shape index (κ3) is 3.23. The van der Waals surface area contributed by atoms with Gasteiger partial charge in [-0.25, -0.2) is 0 Å². The average molecular weight is 110 g/mol. The van der Waals surface area contributed by atoms with Crippen molar-refractivity contribution in [3.05, 3.63) is 6.92 Å². The summed E-state index contributed by atoms with van der Waals surface area (Å²) in [4.78, 5) is 10.3. The van der Waals surface area contributed by atoms with Gasteiger partial charge in [-0.1, -0.05) is 5.92 Å². The first-order valence-corrected chi connectivity index (χ1v) is 2.30. The highest BCUT2D eigenvalue weighted by molar-refractivity contribution is 5.78. The molecule has 0 aromatic carbocycles. The van der Waals surface area contributed by atoms with Gasteiger partial charge in [-0.15, -0.1) is 6.42 Å². The van der Waals surface area contributed by atoms with Crippen molar-refractivity contribution >= 4 is 5.91 Å². The van der Waals surface area contributed by atoms with E-state index in [0.29, 0.717) is 6.54 Å². The molecule has 1 N–H and O–H groups in total. The first-order valence-electron chi connectivity index (χ1n) is 2.30. The van der Waals surface area contributed by atoms with Crippen LogP contribution in [0.4, 0.5) is 0 Å². The molecule has 2 nitrogen and oxygen atoms in total. The number of hydrogen-bond acceptors (Lipinski definition) is 1. The van der Waals surface area contributed by atoms with Crippen LogP contribution in [0.2, 0.25) is 0 Å². The lowest BCUT2D eigenvalue weighted by molar-refractivity contribution is -0.119. The molecule has 0 saturated carbocycles. The Morgan fingerprint density at radius 1 is 1.88 bits per heavy atom. The number of rotatable bonds is 2. The van der Waals surface area contributed by atoms with Gasteiger partial charge in [0.05, 0.1) is 6.42 Å². The quantitative estimate of drug-likeness (QED) is 0.496. The average Bonchev–Trinajstić information content (AvgIpc) is 1.68. The molecular weight excluding hydrogens is 102 g/mol. The van der Waals surface area contributed by atoms with Gasteiger partial charge in [0.25, 0.3) is 0 Å². The molecule has 0 bridgehead atoms. The van der Waals surface area contributed by atoms with E-state index in [4.69, 9.17) is 6.42 Å². The Labute approximate surface area is 49.3 Å². The van der Waals surface area contributed by atoms with Crippen molar-refractivity contribution in [2.45, 2.75) is 6.42 Å². The fourth-order valence-corrected chi connectivity index (χ4v) is 0.295. The van der Waals surface area contributed by atoms with E-state index in [1.54, 1.807) is 0 Å². The zero-order valence-electron chi connectivity index (χ0n) is 4.61. The largest absolute Gasteiger partial charge is 0.355 e. The van der Waals surface area contributed by atoms with Crippen LogP contribution in [0.1, 0.15) is 6.42 Å². The highest BCUT2D eigenvalue weighted by atomic mass is 16.1. The first-order chi connectivity index (χ1) is 3.81. The lowest BCUT2D eigenvalue weighted by atomic mass is 10.4. The Hall–Kier alpha value is -0.970. The Balaban J connectivity index is 3.23. The molecule has 0 aliphatic rings. The standard InChI is InChI=1S/C6H8NO/c1-3-5-6(8)7-4-2/h1H,2,4-5H2,(H,7,8). The number of carbonyl (C=O) groups is 1. The molecular formula is C6H8NO. The van der Waals surface area contributed by atoms with Crippen LogP contribution in [0.3, 0.4) is 0 Å². The summed E-state index contributed by atoms with van der Waals surface area (Å²) in [5.74, 6) is 2.08. The topological polar surface area (TPSA) is 29.1 Å². The molecule has 0 saturated heterocycles. The van der Waals surface area contributed by atoms with Crippen molar-refractivity contribution < 1.29 is 4.79 Å². The zero-order chi connectivity index (χ0) is 6.41. The molecule has 0 unspecified atom stereocenters. The predicted molar refractivity (Wildman–Crippen MR) is 31.8 cm³/mol. The molecule has 8 heavy (non-hydrogen) atoms. The van der Waals surface area contributed by atoms with Crippen LogP contribution >= 0.6 is 0 Å². The van der Waals surface area contributed by atoms with E-state index in [1.807, 2.05) is 0 Å². The number of amides is 1. The van der Waals surface area contributed by atoms with Crippen LogP contribution < -0.4 is 5.32 Å². The van der Waals surface area contributed by atoms with Gasteiger partial charge in [-0.2, -0.15) is 0 Å². The molecule has 0 aliphatic heterocycles.